The number of hydrogen-bond acceptors (Lipinski definition) is 3. The van der Waals surface area contributed by atoms with Crippen LogP contribution in [0.2, 0.25) is 0 Å². The highest BCUT2D eigenvalue weighted by Gasteiger charge is 2.25. The number of rotatable bonds is 4. The van der Waals surface area contributed by atoms with Crippen molar-refractivity contribution in [3.8, 4) is 0 Å². The first kappa shape index (κ1) is 9.36. The number of aliphatic hydroxyl groups excluding tert-OH is 1. The lowest BCUT2D eigenvalue weighted by atomic mass is 10.1. The van der Waals surface area contributed by atoms with Crippen LogP contribution in [0.5, 0.6) is 0 Å². The fourth-order valence-corrected chi connectivity index (χ4v) is 0.834. The largest absolute Gasteiger partial charge is 0.386 e. The van der Waals surface area contributed by atoms with Crippen LogP contribution in [0.3, 0.4) is 0 Å². The molecule has 4 heteroatoms. The minimum absolute atomic E-state index is 0.391. The monoisotopic (exact) mass is 147 g/mol. The van der Waals surface area contributed by atoms with Crippen molar-refractivity contribution in [2.24, 2.45) is 0 Å². The molecule has 0 aromatic carbocycles. The zero-order valence-electron chi connectivity index (χ0n) is 6.28. The Morgan fingerprint density at radius 1 is 1.50 bits per heavy atom. The Hall–Kier alpha value is -0.640. The van der Waals surface area contributed by atoms with Gasteiger partial charge in [0, 0.05) is 11.3 Å². The fourth-order valence-electron chi connectivity index (χ4n) is 0.834. The summed E-state index contributed by atoms with van der Waals surface area (Å²) in [6, 6.07) is -0.787. The topological polar surface area (TPSA) is 63.4 Å². The van der Waals surface area contributed by atoms with Crippen LogP contribution in [0.4, 0.5) is 0 Å². The van der Waals surface area contributed by atoms with Gasteiger partial charge in [0.05, 0.1) is 0 Å². The Labute approximate surface area is 60.0 Å². The van der Waals surface area contributed by atoms with E-state index in [-0.39, 0.29) is 0 Å². The van der Waals surface area contributed by atoms with Crippen LogP contribution < -0.4 is 0 Å². The molecule has 0 rings (SSSR count). The van der Waals surface area contributed by atoms with E-state index in [0.29, 0.717) is 12.8 Å². The summed E-state index contributed by atoms with van der Waals surface area (Å²) in [4.78, 5) is 9.75. The van der Waals surface area contributed by atoms with Gasteiger partial charge in [0.25, 0.3) is 0 Å². The summed E-state index contributed by atoms with van der Waals surface area (Å²) in [7, 11) is 0. The second-order valence-electron chi connectivity index (χ2n) is 2.24. The van der Waals surface area contributed by atoms with Crippen molar-refractivity contribution in [2.45, 2.75) is 38.8 Å². The molecule has 0 aliphatic heterocycles. The second kappa shape index (κ2) is 4.22. The molecule has 0 aromatic heterocycles. The maximum atomic E-state index is 10.2. The number of nitrogens with zero attached hydrogens (tertiary/aromatic N) is 1. The Bertz CT molecular complexity index is 116. The molecule has 0 saturated heterocycles. The second-order valence-corrected chi connectivity index (χ2v) is 2.24. The van der Waals surface area contributed by atoms with E-state index in [1.165, 1.54) is 0 Å². The van der Waals surface area contributed by atoms with Gasteiger partial charge in [-0.05, 0) is 6.42 Å². The molecule has 2 atom stereocenters. The molecule has 0 radical (unpaired) electrons. The molecule has 0 aliphatic carbocycles. The average molecular weight is 147 g/mol. The summed E-state index contributed by atoms with van der Waals surface area (Å²) < 4.78 is 0. The molecule has 0 aliphatic rings. The zero-order chi connectivity index (χ0) is 8.15. The molecule has 0 amide bonds. The first-order chi connectivity index (χ1) is 4.63. The van der Waals surface area contributed by atoms with E-state index in [2.05, 4.69) is 0 Å². The average Bonchev–Trinajstić information content (AvgIpc) is 1.88. The molecule has 0 bridgehead atoms. The molecule has 0 fully saturated rings. The summed E-state index contributed by atoms with van der Waals surface area (Å²) >= 11 is 0. The third-order valence-corrected chi connectivity index (χ3v) is 1.55. The molecule has 0 aromatic rings. The van der Waals surface area contributed by atoms with E-state index in [4.69, 9.17) is 5.11 Å². The lowest BCUT2D eigenvalue weighted by Gasteiger charge is -2.11. The predicted octanol–water partition coefficient (Wildman–Crippen LogP) is 0.813. The van der Waals surface area contributed by atoms with Gasteiger partial charge in [-0.3, -0.25) is 10.1 Å². The minimum atomic E-state index is -0.792. The summed E-state index contributed by atoms with van der Waals surface area (Å²) in [5.41, 5.74) is 0. The highest BCUT2D eigenvalue weighted by molar-refractivity contribution is 4.63. The van der Waals surface area contributed by atoms with Gasteiger partial charge >= 0.3 is 0 Å². The Morgan fingerprint density at radius 2 is 2.00 bits per heavy atom. The zero-order valence-corrected chi connectivity index (χ0v) is 6.28. The van der Waals surface area contributed by atoms with Crippen molar-refractivity contribution in [3.05, 3.63) is 10.1 Å². The van der Waals surface area contributed by atoms with Gasteiger partial charge in [-0.1, -0.05) is 13.8 Å². The minimum Gasteiger partial charge on any atom is -0.386 e. The van der Waals surface area contributed by atoms with Gasteiger partial charge in [-0.15, -0.1) is 0 Å². The van der Waals surface area contributed by atoms with Crippen molar-refractivity contribution in [1.82, 2.24) is 0 Å². The first-order valence-electron chi connectivity index (χ1n) is 3.45. The van der Waals surface area contributed by atoms with E-state index in [0.717, 1.165) is 0 Å². The Kier molecular flexibility index (Phi) is 3.95. The lowest BCUT2D eigenvalue weighted by molar-refractivity contribution is -0.534. The van der Waals surface area contributed by atoms with Gasteiger partial charge in [0.15, 0.2) is 0 Å². The van der Waals surface area contributed by atoms with Crippen LogP contribution in [0.25, 0.3) is 0 Å². The molecular formula is C6H13NO3. The van der Waals surface area contributed by atoms with Gasteiger partial charge < -0.3 is 5.11 Å². The van der Waals surface area contributed by atoms with Crippen LogP contribution in [0.1, 0.15) is 26.7 Å². The van der Waals surface area contributed by atoms with Crippen molar-refractivity contribution in [3.63, 3.8) is 0 Å². The van der Waals surface area contributed by atoms with Crippen molar-refractivity contribution in [2.75, 3.05) is 0 Å². The summed E-state index contributed by atoms with van der Waals surface area (Å²) in [5, 5.41) is 19.2. The van der Waals surface area contributed by atoms with E-state index in [1.807, 2.05) is 0 Å². The molecule has 10 heavy (non-hydrogen) atoms. The highest BCUT2D eigenvalue weighted by atomic mass is 16.6. The molecule has 1 N–H and O–H groups in total. The van der Waals surface area contributed by atoms with Crippen molar-refractivity contribution >= 4 is 0 Å². The van der Waals surface area contributed by atoms with Gasteiger partial charge in [-0.25, -0.2) is 0 Å². The van der Waals surface area contributed by atoms with Crippen LogP contribution in [-0.4, -0.2) is 22.2 Å². The Morgan fingerprint density at radius 3 is 2.10 bits per heavy atom. The Balaban J connectivity index is 3.92. The molecule has 0 saturated carbocycles. The predicted molar refractivity (Wildman–Crippen MR) is 37.4 cm³/mol. The van der Waals surface area contributed by atoms with Gasteiger partial charge in [0.2, 0.25) is 6.04 Å². The van der Waals surface area contributed by atoms with E-state index >= 15 is 0 Å². The number of nitro groups is 1. The van der Waals surface area contributed by atoms with Crippen LogP contribution in [0, 0.1) is 10.1 Å². The van der Waals surface area contributed by atoms with E-state index in [9.17, 15) is 10.1 Å². The van der Waals surface area contributed by atoms with Crippen LogP contribution in [0.15, 0.2) is 0 Å². The summed E-state index contributed by atoms with van der Waals surface area (Å²) in [6.07, 6.45) is 0.0431. The molecule has 0 heterocycles. The third kappa shape index (κ3) is 2.31. The SMILES string of the molecule is CC[C@H]([C@@H](O)CC)[N+](=O)[O-]. The fraction of sp³-hybridized carbons (Fsp3) is 1.00. The van der Waals surface area contributed by atoms with E-state index < -0.39 is 17.1 Å². The van der Waals surface area contributed by atoms with Crippen molar-refractivity contribution < 1.29 is 10.0 Å². The highest BCUT2D eigenvalue weighted by Crippen LogP contribution is 2.05. The maximum absolute atomic E-state index is 10.2. The summed E-state index contributed by atoms with van der Waals surface area (Å²) in [6.45, 7) is 3.43. The van der Waals surface area contributed by atoms with Crippen LogP contribution in [-0.2, 0) is 0 Å². The standard InChI is InChI=1S/C6H13NO3/c1-3-5(7(9)10)6(8)4-2/h5-6,8H,3-4H2,1-2H3/t5-,6+/m1/s1. The molecule has 0 unspecified atom stereocenters. The summed E-state index contributed by atoms with van der Waals surface area (Å²) in [5.74, 6) is 0. The molecular weight excluding hydrogens is 134 g/mol. The van der Waals surface area contributed by atoms with Crippen molar-refractivity contribution in [1.29, 1.82) is 0 Å². The molecule has 0 spiro atoms. The first-order valence-corrected chi connectivity index (χ1v) is 3.45. The van der Waals surface area contributed by atoms with Gasteiger partial charge in [0.1, 0.15) is 6.10 Å². The quantitative estimate of drug-likeness (QED) is 0.472. The molecule has 60 valence electrons. The lowest BCUT2D eigenvalue weighted by Crippen LogP contribution is -2.32. The van der Waals surface area contributed by atoms with E-state index in [1.54, 1.807) is 13.8 Å². The number of hydrogen-bond donors (Lipinski definition) is 1. The van der Waals surface area contributed by atoms with Gasteiger partial charge in [-0.2, -0.15) is 0 Å². The maximum Gasteiger partial charge on any atom is 0.238 e. The normalized spacial score (nSPS) is 16.3. The number of aliphatic hydroxyl groups is 1. The molecule has 4 nitrogen and oxygen atoms in total. The smallest absolute Gasteiger partial charge is 0.238 e. The van der Waals surface area contributed by atoms with Crippen LogP contribution >= 0.6 is 0 Å². The third-order valence-electron chi connectivity index (χ3n) is 1.55.